The average molecular weight is 338 g/mol. The zero-order valence-electron chi connectivity index (χ0n) is 13.9. The minimum absolute atomic E-state index is 0.364. The molecule has 6 nitrogen and oxygen atoms in total. The standard InChI is InChI=1S/C19H18N2O4/c1-12-17(9-10-24-12)19(23)21-20-18(22)13(2)25-16-8-7-14-5-3-4-6-15(14)11-16/h3-11,13H,1-2H3,(H,20,22)(H,21,23). The quantitative estimate of drug-likeness (QED) is 0.717. The monoisotopic (exact) mass is 338 g/mol. The van der Waals surface area contributed by atoms with Crippen molar-refractivity contribution in [2.45, 2.75) is 20.0 Å². The summed E-state index contributed by atoms with van der Waals surface area (Å²) in [5.41, 5.74) is 5.06. The molecule has 0 radical (unpaired) electrons. The molecule has 0 saturated carbocycles. The van der Waals surface area contributed by atoms with Crippen LogP contribution in [-0.4, -0.2) is 17.9 Å². The molecule has 2 amide bonds. The summed E-state index contributed by atoms with van der Waals surface area (Å²) in [6.45, 7) is 3.28. The van der Waals surface area contributed by atoms with Crippen LogP contribution in [0.5, 0.6) is 5.75 Å². The number of ether oxygens (including phenoxy) is 1. The molecule has 3 rings (SSSR count). The van der Waals surface area contributed by atoms with Crippen LogP contribution in [0.4, 0.5) is 0 Å². The Morgan fingerprint density at radius 1 is 1.04 bits per heavy atom. The van der Waals surface area contributed by atoms with Crippen molar-refractivity contribution in [3.63, 3.8) is 0 Å². The van der Waals surface area contributed by atoms with Gasteiger partial charge >= 0.3 is 0 Å². The number of amides is 2. The van der Waals surface area contributed by atoms with E-state index >= 15 is 0 Å². The van der Waals surface area contributed by atoms with Gasteiger partial charge in [-0.05, 0) is 42.8 Å². The molecule has 3 aromatic rings. The number of furan rings is 1. The molecule has 0 saturated heterocycles. The summed E-state index contributed by atoms with van der Waals surface area (Å²) < 4.78 is 10.7. The van der Waals surface area contributed by atoms with Crippen LogP contribution >= 0.6 is 0 Å². The number of nitrogens with one attached hydrogen (secondary N) is 2. The minimum Gasteiger partial charge on any atom is -0.481 e. The van der Waals surface area contributed by atoms with E-state index in [2.05, 4.69) is 10.9 Å². The van der Waals surface area contributed by atoms with Crippen molar-refractivity contribution in [1.82, 2.24) is 10.9 Å². The molecule has 128 valence electrons. The summed E-state index contributed by atoms with van der Waals surface area (Å²) in [5.74, 6) is 0.158. The first kappa shape index (κ1) is 16.6. The van der Waals surface area contributed by atoms with Crippen LogP contribution in [0.25, 0.3) is 10.8 Å². The van der Waals surface area contributed by atoms with E-state index in [1.54, 1.807) is 19.9 Å². The van der Waals surface area contributed by atoms with E-state index < -0.39 is 17.9 Å². The molecular weight excluding hydrogens is 320 g/mol. The molecule has 25 heavy (non-hydrogen) atoms. The molecule has 6 heteroatoms. The number of hydrogen-bond donors (Lipinski definition) is 2. The van der Waals surface area contributed by atoms with Gasteiger partial charge in [0.05, 0.1) is 11.8 Å². The number of fused-ring (bicyclic) bond motifs is 1. The average Bonchev–Trinajstić information content (AvgIpc) is 3.05. The second-order valence-electron chi connectivity index (χ2n) is 5.60. The van der Waals surface area contributed by atoms with Gasteiger partial charge in [0.15, 0.2) is 6.10 Å². The lowest BCUT2D eigenvalue weighted by Crippen LogP contribution is -2.47. The number of carbonyl (C=O) groups is 2. The molecular formula is C19H18N2O4. The van der Waals surface area contributed by atoms with Crippen molar-refractivity contribution >= 4 is 22.6 Å². The maximum atomic E-state index is 12.1. The van der Waals surface area contributed by atoms with E-state index in [1.807, 2.05) is 36.4 Å². The SMILES string of the molecule is Cc1occc1C(=O)NNC(=O)C(C)Oc1ccc2ccccc2c1. The lowest BCUT2D eigenvalue weighted by atomic mass is 10.1. The first-order valence-corrected chi connectivity index (χ1v) is 7.84. The first-order chi connectivity index (χ1) is 12.0. The van der Waals surface area contributed by atoms with Gasteiger partial charge in [-0.2, -0.15) is 0 Å². The van der Waals surface area contributed by atoms with Gasteiger partial charge in [-0.3, -0.25) is 20.4 Å². The number of benzene rings is 2. The molecule has 0 aliphatic rings. The molecule has 0 bridgehead atoms. The minimum atomic E-state index is -0.771. The number of hydrogen-bond acceptors (Lipinski definition) is 4. The van der Waals surface area contributed by atoms with Crippen molar-refractivity contribution < 1.29 is 18.7 Å². The fourth-order valence-corrected chi connectivity index (χ4v) is 2.41. The maximum Gasteiger partial charge on any atom is 0.279 e. The topological polar surface area (TPSA) is 80.6 Å². The molecule has 2 aromatic carbocycles. The van der Waals surface area contributed by atoms with Crippen molar-refractivity contribution in [2.24, 2.45) is 0 Å². The molecule has 0 aliphatic carbocycles. The van der Waals surface area contributed by atoms with Crippen molar-refractivity contribution in [1.29, 1.82) is 0 Å². The van der Waals surface area contributed by atoms with Gasteiger partial charge in [-0.25, -0.2) is 0 Å². The summed E-state index contributed by atoms with van der Waals surface area (Å²) in [6.07, 6.45) is 0.643. The normalized spacial score (nSPS) is 11.8. The van der Waals surface area contributed by atoms with Gasteiger partial charge in [0.1, 0.15) is 11.5 Å². The van der Waals surface area contributed by atoms with Crippen molar-refractivity contribution in [3.8, 4) is 5.75 Å². The van der Waals surface area contributed by atoms with E-state index in [9.17, 15) is 9.59 Å². The molecule has 0 fully saturated rings. The summed E-state index contributed by atoms with van der Waals surface area (Å²) >= 11 is 0. The van der Waals surface area contributed by atoms with E-state index in [-0.39, 0.29) is 0 Å². The molecule has 1 atom stereocenters. The van der Waals surface area contributed by atoms with Crippen LogP contribution in [0.1, 0.15) is 23.0 Å². The second-order valence-corrected chi connectivity index (χ2v) is 5.60. The highest BCUT2D eigenvalue weighted by atomic mass is 16.5. The fraction of sp³-hybridized carbons (Fsp3) is 0.158. The van der Waals surface area contributed by atoms with Gasteiger partial charge in [0, 0.05) is 0 Å². The Bertz CT molecular complexity index is 916. The van der Waals surface area contributed by atoms with Gasteiger partial charge in [-0.15, -0.1) is 0 Å². The Morgan fingerprint density at radius 2 is 1.80 bits per heavy atom. The highest BCUT2D eigenvalue weighted by molar-refractivity contribution is 5.96. The molecule has 1 heterocycles. The van der Waals surface area contributed by atoms with Crippen molar-refractivity contribution in [3.05, 3.63) is 66.1 Å². The highest BCUT2D eigenvalue weighted by Crippen LogP contribution is 2.21. The molecule has 0 aliphatic heterocycles. The van der Waals surface area contributed by atoms with Crippen LogP contribution in [0, 0.1) is 6.92 Å². The number of carbonyl (C=O) groups excluding carboxylic acids is 2. The smallest absolute Gasteiger partial charge is 0.279 e. The number of rotatable bonds is 4. The summed E-state index contributed by atoms with van der Waals surface area (Å²) in [7, 11) is 0. The third kappa shape index (κ3) is 3.80. The Kier molecular flexibility index (Phi) is 4.70. The largest absolute Gasteiger partial charge is 0.481 e. The van der Waals surface area contributed by atoms with Gasteiger partial charge in [0.2, 0.25) is 0 Å². The highest BCUT2D eigenvalue weighted by Gasteiger charge is 2.17. The van der Waals surface area contributed by atoms with Crippen LogP contribution in [-0.2, 0) is 4.79 Å². The summed E-state index contributed by atoms with van der Waals surface area (Å²) in [6, 6.07) is 15.0. The Morgan fingerprint density at radius 3 is 2.52 bits per heavy atom. The Hall–Kier alpha value is -3.28. The van der Waals surface area contributed by atoms with E-state index in [4.69, 9.17) is 9.15 Å². The van der Waals surface area contributed by atoms with Gasteiger partial charge in [-0.1, -0.05) is 30.3 Å². The second kappa shape index (κ2) is 7.09. The maximum absolute atomic E-state index is 12.1. The Labute approximate surface area is 144 Å². The Balaban J connectivity index is 1.58. The van der Waals surface area contributed by atoms with Crippen LogP contribution in [0.2, 0.25) is 0 Å². The zero-order valence-corrected chi connectivity index (χ0v) is 13.9. The van der Waals surface area contributed by atoms with Crippen molar-refractivity contribution in [2.75, 3.05) is 0 Å². The molecule has 2 N–H and O–H groups in total. The fourth-order valence-electron chi connectivity index (χ4n) is 2.41. The van der Waals surface area contributed by atoms with Crippen LogP contribution < -0.4 is 15.6 Å². The third-order valence-electron chi connectivity index (χ3n) is 3.81. The van der Waals surface area contributed by atoms with Gasteiger partial charge in [0.25, 0.3) is 11.8 Å². The predicted octanol–water partition coefficient (Wildman–Crippen LogP) is 2.97. The first-order valence-electron chi connectivity index (χ1n) is 7.84. The molecule has 1 unspecified atom stereocenters. The van der Waals surface area contributed by atoms with E-state index in [0.29, 0.717) is 17.1 Å². The summed E-state index contributed by atoms with van der Waals surface area (Å²) in [4.78, 5) is 24.0. The summed E-state index contributed by atoms with van der Waals surface area (Å²) in [5, 5.41) is 2.12. The molecule has 0 spiro atoms. The van der Waals surface area contributed by atoms with Crippen LogP contribution in [0.15, 0.2) is 59.2 Å². The number of aryl methyl sites for hydroxylation is 1. The number of hydrazine groups is 1. The van der Waals surface area contributed by atoms with Crippen LogP contribution in [0.3, 0.4) is 0 Å². The van der Waals surface area contributed by atoms with Gasteiger partial charge < -0.3 is 9.15 Å². The molecule has 1 aromatic heterocycles. The van der Waals surface area contributed by atoms with E-state index in [0.717, 1.165) is 10.8 Å². The predicted molar refractivity (Wildman–Crippen MR) is 93.1 cm³/mol. The zero-order chi connectivity index (χ0) is 17.8. The lowest BCUT2D eigenvalue weighted by molar-refractivity contribution is -0.128. The van der Waals surface area contributed by atoms with E-state index in [1.165, 1.54) is 12.3 Å². The third-order valence-corrected chi connectivity index (χ3v) is 3.81. The lowest BCUT2D eigenvalue weighted by Gasteiger charge is -2.15.